The van der Waals surface area contributed by atoms with Crippen LogP contribution in [0, 0.1) is 0 Å². The van der Waals surface area contributed by atoms with Crippen LogP contribution in [0.15, 0.2) is 5.10 Å². The van der Waals surface area contributed by atoms with Crippen LogP contribution in [-0.4, -0.2) is 30.9 Å². The highest BCUT2D eigenvalue weighted by Crippen LogP contribution is 2.25. The molecule has 3 nitrogen and oxygen atoms in total. The fraction of sp³-hybridized carbons (Fsp3) is 0.818. The average molecular weight is 226 g/mol. The van der Waals surface area contributed by atoms with Gasteiger partial charge in [-0.1, -0.05) is 19.5 Å². The summed E-state index contributed by atoms with van der Waals surface area (Å²) in [6.45, 7) is 9.38. The first-order valence-electron chi connectivity index (χ1n) is 5.73. The van der Waals surface area contributed by atoms with Crippen molar-refractivity contribution >= 4 is 19.7 Å². The standard InChI is InChI=1S/C11H22N2OSi/c1-10(9-11(2)14)12-13-7-5-6-8-15(13,3)4/h5-9H2,1-4H3. The van der Waals surface area contributed by atoms with Crippen molar-refractivity contribution in [3.05, 3.63) is 0 Å². The van der Waals surface area contributed by atoms with Gasteiger partial charge in [-0.3, -0.25) is 4.79 Å². The van der Waals surface area contributed by atoms with Gasteiger partial charge in [-0.15, -0.1) is 0 Å². The molecule has 0 spiro atoms. The number of carbonyl (C=O) groups excluding carboxylic acids is 1. The Hall–Kier alpha value is -0.643. The molecule has 0 aromatic carbocycles. The molecule has 0 bridgehead atoms. The highest BCUT2D eigenvalue weighted by molar-refractivity contribution is 6.74. The number of Topliss-reactive ketones (excluding diaryl/α,β-unsaturated/α-hetero) is 1. The third kappa shape index (κ3) is 3.78. The van der Waals surface area contributed by atoms with E-state index in [0.29, 0.717) is 6.42 Å². The maximum absolute atomic E-state index is 11.0. The summed E-state index contributed by atoms with van der Waals surface area (Å²) >= 11 is 0. The molecule has 86 valence electrons. The van der Waals surface area contributed by atoms with Crippen molar-refractivity contribution in [1.29, 1.82) is 0 Å². The molecule has 0 saturated carbocycles. The van der Waals surface area contributed by atoms with Gasteiger partial charge in [0.2, 0.25) is 0 Å². The zero-order valence-corrected chi connectivity index (χ0v) is 11.3. The van der Waals surface area contributed by atoms with Gasteiger partial charge in [0.25, 0.3) is 0 Å². The number of carbonyl (C=O) groups is 1. The maximum Gasteiger partial charge on any atom is 0.172 e. The summed E-state index contributed by atoms with van der Waals surface area (Å²) in [5.74, 6) is 0.202. The molecule has 1 rings (SSSR count). The molecule has 4 heteroatoms. The zero-order chi connectivity index (χ0) is 11.5. The molecule has 1 saturated heterocycles. The molecular weight excluding hydrogens is 204 g/mol. The van der Waals surface area contributed by atoms with Crippen molar-refractivity contribution in [3.63, 3.8) is 0 Å². The molecule has 1 aliphatic heterocycles. The minimum absolute atomic E-state index is 0.202. The Morgan fingerprint density at radius 1 is 1.33 bits per heavy atom. The van der Waals surface area contributed by atoms with E-state index in [1.54, 1.807) is 6.92 Å². The summed E-state index contributed by atoms with van der Waals surface area (Å²) in [5.41, 5.74) is 0.963. The lowest BCUT2D eigenvalue weighted by molar-refractivity contribution is -0.115. The van der Waals surface area contributed by atoms with Crippen molar-refractivity contribution in [1.82, 2.24) is 4.67 Å². The normalized spacial score (nSPS) is 21.6. The molecule has 0 radical (unpaired) electrons. The SMILES string of the molecule is CC(=O)CC(C)=NN1CCCC[Si]1(C)C. The minimum atomic E-state index is -1.30. The number of hydrogen-bond donors (Lipinski definition) is 0. The van der Waals surface area contributed by atoms with Crippen LogP contribution in [-0.2, 0) is 4.79 Å². The summed E-state index contributed by atoms with van der Waals surface area (Å²) in [7, 11) is -1.30. The molecule has 0 aliphatic carbocycles. The topological polar surface area (TPSA) is 32.7 Å². The predicted octanol–water partition coefficient (Wildman–Crippen LogP) is 2.64. The van der Waals surface area contributed by atoms with Crippen molar-refractivity contribution in [3.8, 4) is 0 Å². The smallest absolute Gasteiger partial charge is 0.172 e. The Labute approximate surface area is 93.6 Å². The van der Waals surface area contributed by atoms with Gasteiger partial charge in [-0.2, -0.15) is 5.10 Å². The number of nitrogens with zero attached hydrogens (tertiary/aromatic N) is 2. The molecule has 0 unspecified atom stereocenters. The third-order valence-electron chi connectivity index (χ3n) is 2.90. The molecule has 0 N–H and O–H groups in total. The molecular formula is C11H22N2OSi. The van der Waals surface area contributed by atoms with E-state index in [0.717, 1.165) is 12.3 Å². The number of rotatable bonds is 3. The van der Waals surface area contributed by atoms with E-state index in [9.17, 15) is 4.79 Å². The third-order valence-corrected chi connectivity index (χ3v) is 6.20. The van der Waals surface area contributed by atoms with Crippen LogP contribution in [0.3, 0.4) is 0 Å². The average Bonchev–Trinajstić information content (AvgIpc) is 2.07. The van der Waals surface area contributed by atoms with E-state index in [1.165, 1.54) is 18.9 Å². The Morgan fingerprint density at radius 3 is 2.53 bits per heavy atom. The van der Waals surface area contributed by atoms with E-state index in [4.69, 9.17) is 0 Å². The van der Waals surface area contributed by atoms with Crippen LogP contribution < -0.4 is 0 Å². The number of ketones is 1. The Bertz CT molecular complexity index is 274. The fourth-order valence-corrected chi connectivity index (χ4v) is 4.62. The van der Waals surface area contributed by atoms with Gasteiger partial charge in [0, 0.05) is 18.7 Å². The second kappa shape index (κ2) is 4.92. The van der Waals surface area contributed by atoms with E-state index in [1.807, 2.05) is 6.92 Å². The Kier molecular flexibility index (Phi) is 4.08. The van der Waals surface area contributed by atoms with E-state index in [-0.39, 0.29) is 5.78 Å². The first-order valence-corrected chi connectivity index (χ1v) is 8.88. The van der Waals surface area contributed by atoms with Crippen molar-refractivity contribution in [2.45, 2.75) is 52.2 Å². The zero-order valence-electron chi connectivity index (χ0n) is 10.3. The monoisotopic (exact) mass is 226 g/mol. The van der Waals surface area contributed by atoms with Crippen LogP contribution in [0.4, 0.5) is 0 Å². The van der Waals surface area contributed by atoms with Crippen LogP contribution in [0.5, 0.6) is 0 Å². The maximum atomic E-state index is 11.0. The Morgan fingerprint density at radius 2 is 2.00 bits per heavy atom. The van der Waals surface area contributed by atoms with Gasteiger partial charge in [-0.05, 0) is 26.3 Å². The molecule has 1 heterocycles. The molecule has 0 aromatic rings. The number of hydrazone groups is 1. The van der Waals surface area contributed by atoms with Gasteiger partial charge < -0.3 is 4.67 Å². The first-order chi connectivity index (χ1) is 6.92. The van der Waals surface area contributed by atoms with E-state index < -0.39 is 8.24 Å². The molecule has 0 aromatic heterocycles. The van der Waals surface area contributed by atoms with E-state index in [2.05, 4.69) is 22.9 Å². The molecule has 0 amide bonds. The van der Waals surface area contributed by atoms with Gasteiger partial charge in [0.15, 0.2) is 8.24 Å². The lowest BCUT2D eigenvalue weighted by Gasteiger charge is -2.39. The highest BCUT2D eigenvalue weighted by atomic mass is 28.3. The van der Waals surface area contributed by atoms with Crippen LogP contribution in [0.2, 0.25) is 19.1 Å². The number of hydrogen-bond acceptors (Lipinski definition) is 3. The summed E-state index contributed by atoms with van der Waals surface area (Å²) in [5, 5.41) is 4.62. The summed E-state index contributed by atoms with van der Waals surface area (Å²) in [6, 6.07) is 1.32. The molecule has 0 atom stereocenters. The van der Waals surface area contributed by atoms with Crippen molar-refractivity contribution < 1.29 is 4.79 Å². The lowest BCUT2D eigenvalue weighted by Crippen LogP contribution is -2.48. The summed E-state index contributed by atoms with van der Waals surface area (Å²) < 4.78 is 2.29. The van der Waals surface area contributed by atoms with Gasteiger partial charge >= 0.3 is 0 Å². The molecule has 1 aliphatic rings. The second-order valence-corrected chi connectivity index (χ2v) is 9.75. The van der Waals surface area contributed by atoms with Crippen LogP contribution in [0.1, 0.15) is 33.1 Å². The van der Waals surface area contributed by atoms with Gasteiger partial charge in [0.1, 0.15) is 5.78 Å². The van der Waals surface area contributed by atoms with E-state index >= 15 is 0 Å². The lowest BCUT2D eigenvalue weighted by atomic mass is 10.2. The fourth-order valence-electron chi connectivity index (χ4n) is 2.04. The minimum Gasteiger partial charge on any atom is -0.324 e. The predicted molar refractivity (Wildman–Crippen MR) is 66.6 cm³/mol. The van der Waals surface area contributed by atoms with Gasteiger partial charge in [0.05, 0.1) is 0 Å². The quantitative estimate of drug-likeness (QED) is 0.547. The van der Waals surface area contributed by atoms with Gasteiger partial charge in [-0.25, -0.2) is 0 Å². The van der Waals surface area contributed by atoms with Crippen LogP contribution in [0.25, 0.3) is 0 Å². The van der Waals surface area contributed by atoms with Crippen molar-refractivity contribution in [2.75, 3.05) is 6.54 Å². The highest BCUT2D eigenvalue weighted by Gasteiger charge is 2.31. The molecule has 1 fully saturated rings. The van der Waals surface area contributed by atoms with Crippen molar-refractivity contribution in [2.24, 2.45) is 5.10 Å². The largest absolute Gasteiger partial charge is 0.324 e. The molecule has 15 heavy (non-hydrogen) atoms. The Balaban J connectivity index is 2.65. The van der Waals surface area contributed by atoms with Crippen LogP contribution >= 0.6 is 0 Å². The second-order valence-electron chi connectivity index (χ2n) is 5.11. The summed E-state index contributed by atoms with van der Waals surface area (Å²) in [4.78, 5) is 11.0. The first kappa shape index (κ1) is 12.4. The summed E-state index contributed by atoms with van der Waals surface area (Å²) in [6.07, 6.45) is 3.09.